The van der Waals surface area contributed by atoms with Crippen LogP contribution in [0.1, 0.15) is 20.3 Å². The molecule has 1 fully saturated rings. The Morgan fingerprint density at radius 1 is 1.50 bits per heavy atom. The third-order valence-corrected chi connectivity index (χ3v) is 4.08. The van der Waals surface area contributed by atoms with Crippen LogP contribution >= 0.6 is 11.8 Å². The lowest BCUT2D eigenvalue weighted by Gasteiger charge is -2.22. The van der Waals surface area contributed by atoms with Gasteiger partial charge in [0.05, 0.1) is 11.8 Å². The fourth-order valence-electron chi connectivity index (χ4n) is 2.10. The molecule has 2 N–H and O–H groups in total. The first-order valence-corrected chi connectivity index (χ1v) is 8.17. The summed E-state index contributed by atoms with van der Waals surface area (Å²) in [6.07, 6.45) is 0.590. The minimum atomic E-state index is 0.0322. The largest absolute Gasteiger partial charge is 0.489 e. The van der Waals surface area contributed by atoms with Crippen molar-refractivity contribution in [2.75, 3.05) is 23.4 Å². The van der Waals surface area contributed by atoms with Crippen molar-refractivity contribution >= 4 is 23.4 Å². The SMILES string of the molecule is CC(C)Oc1ccccc1NC(=O)CC1CSCCN1. The van der Waals surface area contributed by atoms with E-state index in [1.54, 1.807) is 0 Å². The predicted octanol–water partition coefficient (Wildman–Crippen LogP) is 2.51. The van der Waals surface area contributed by atoms with Gasteiger partial charge < -0.3 is 15.4 Å². The molecule has 110 valence electrons. The zero-order valence-corrected chi connectivity index (χ0v) is 12.8. The predicted molar refractivity (Wildman–Crippen MR) is 84.6 cm³/mol. The highest BCUT2D eigenvalue weighted by atomic mass is 32.2. The van der Waals surface area contributed by atoms with Gasteiger partial charge in [-0.05, 0) is 26.0 Å². The van der Waals surface area contributed by atoms with E-state index >= 15 is 0 Å². The van der Waals surface area contributed by atoms with Crippen molar-refractivity contribution in [3.8, 4) is 5.75 Å². The Bertz CT molecular complexity index is 445. The summed E-state index contributed by atoms with van der Waals surface area (Å²) < 4.78 is 5.70. The maximum absolute atomic E-state index is 12.1. The molecule has 0 aliphatic carbocycles. The van der Waals surface area contributed by atoms with Crippen molar-refractivity contribution in [3.05, 3.63) is 24.3 Å². The monoisotopic (exact) mass is 294 g/mol. The molecule has 0 bridgehead atoms. The fraction of sp³-hybridized carbons (Fsp3) is 0.533. The number of amides is 1. The van der Waals surface area contributed by atoms with E-state index in [1.807, 2.05) is 49.9 Å². The van der Waals surface area contributed by atoms with E-state index in [0.717, 1.165) is 29.5 Å². The summed E-state index contributed by atoms with van der Waals surface area (Å²) in [6, 6.07) is 7.83. The van der Waals surface area contributed by atoms with Crippen molar-refractivity contribution in [3.63, 3.8) is 0 Å². The number of hydrogen-bond acceptors (Lipinski definition) is 4. The quantitative estimate of drug-likeness (QED) is 0.876. The number of hydrogen-bond donors (Lipinski definition) is 2. The van der Waals surface area contributed by atoms with Gasteiger partial charge in [-0.15, -0.1) is 0 Å². The number of benzene rings is 1. The second-order valence-corrected chi connectivity index (χ2v) is 6.29. The summed E-state index contributed by atoms with van der Waals surface area (Å²) in [6.45, 7) is 4.93. The first kappa shape index (κ1) is 15.2. The van der Waals surface area contributed by atoms with E-state index < -0.39 is 0 Å². The second kappa shape index (κ2) is 7.55. The molecule has 1 unspecified atom stereocenters. The number of ether oxygens (including phenoxy) is 1. The molecule has 0 saturated carbocycles. The van der Waals surface area contributed by atoms with E-state index in [4.69, 9.17) is 4.74 Å². The molecule has 1 atom stereocenters. The molecule has 1 aromatic carbocycles. The summed E-state index contributed by atoms with van der Waals surface area (Å²) in [4.78, 5) is 12.1. The van der Waals surface area contributed by atoms with Gasteiger partial charge in [-0.2, -0.15) is 11.8 Å². The molecule has 1 aliphatic rings. The Morgan fingerprint density at radius 2 is 2.30 bits per heavy atom. The molecule has 1 heterocycles. The van der Waals surface area contributed by atoms with Crippen molar-refractivity contribution < 1.29 is 9.53 Å². The smallest absolute Gasteiger partial charge is 0.226 e. The molecule has 4 nitrogen and oxygen atoms in total. The van der Waals surface area contributed by atoms with E-state index in [1.165, 1.54) is 0 Å². The van der Waals surface area contributed by atoms with Crippen LogP contribution in [0.25, 0.3) is 0 Å². The lowest BCUT2D eigenvalue weighted by molar-refractivity contribution is -0.116. The van der Waals surface area contributed by atoms with Gasteiger partial charge in [-0.25, -0.2) is 0 Å². The summed E-state index contributed by atoms with van der Waals surface area (Å²) in [5.41, 5.74) is 0.745. The van der Waals surface area contributed by atoms with Gasteiger partial charge in [-0.3, -0.25) is 4.79 Å². The number of anilines is 1. The Hall–Kier alpha value is -1.20. The molecule has 5 heteroatoms. The Labute approximate surface area is 124 Å². The van der Waals surface area contributed by atoms with Crippen LogP contribution in [0.3, 0.4) is 0 Å². The van der Waals surface area contributed by atoms with E-state index in [0.29, 0.717) is 6.42 Å². The Kier molecular flexibility index (Phi) is 5.73. The average molecular weight is 294 g/mol. The molecule has 20 heavy (non-hydrogen) atoms. The van der Waals surface area contributed by atoms with E-state index in [-0.39, 0.29) is 18.1 Å². The highest BCUT2D eigenvalue weighted by Gasteiger charge is 2.17. The van der Waals surface area contributed by atoms with E-state index in [2.05, 4.69) is 10.6 Å². The number of nitrogens with one attached hydrogen (secondary N) is 2. The van der Waals surface area contributed by atoms with Crippen molar-refractivity contribution in [1.29, 1.82) is 0 Å². The van der Waals surface area contributed by atoms with Gasteiger partial charge in [-0.1, -0.05) is 12.1 Å². The van der Waals surface area contributed by atoms with Crippen LogP contribution in [-0.2, 0) is 4.79 Å². The molecule has 0 aromatic heterocycles. The maximum Gasteiger partial charge on any atom is 0.226 e. The minimum absolute atomic E-state index is 0.0322. The van der Waals surface area contributed by atoms with Crippen molar-refractivity contribution in [1.82, 2.24) is 5.32 Å². The normalized spacial score (nSPS) is 18.9. The summed E-state index contributed by atoms with van der Waals surface area (Å²) in [7, 11) is 0. The highest BCUT2D eigenvalue weighted by Crippen LogP contribution is 2.25. The average Bonchev–Trinajstić information content (AvgIpc) is 2.41. The lowest BCUT2D eigenvalue weighted by Crippen LogP contribution is -2.39. The number of carbonyl (C=O) groups excluding carboxylic acids is 1. The fourth-order valence-corrected chi connectivity index (χ4v) is 3.05. The molecule has 1 aromatic rings. The van der Waals surface area contributed by atoms with Crippen LogP contribution in [0.15, 0.2) is 24.3 Å². The van der Waals surface area contributed by atoms with Crippen LogP contribution in [0, 0.1) is 0 Å². The number of thioether (sulfide) groups is 1. The summed E-state index contributed by atoms with van der Waals surface area (Å²) in [5, 5.41) is 6.32. The lowest BCUT2D eigenvalue weighted by atomic mass is 10.2. The topological polar surface area (TPSA) is 50.4 Å². The first-order chi connectivity index (χ1) is 9.65. The molecule has 1 amide bonds. The standard InChI is InChI=1S/C15H22N2O2S/c1-11(2)19-14-6-4-3-5-13(14)17-15(18)9-12-10-20-8-7-16-12/h3-6,11-12,16H,7-10H2,1-2H3,(H,17,18). The van der Waals surface area contributed by atoms with Crippen LogP contribution in [0.4, 0.5) is 5.69 Å². The van der Waals surface area contributed by atoms with Gasteiger partial charge in [0, 0.05) is 30.5 Å². The highest BCUT2D eigenvalue weighted by molar-refractivity contribution is 7.99. The van der Waals surface area contributed by atoms with Crippen molar-refractivity contribution in [2.45, 2.75) is 32.4 Å². The first-order valence-electron chi connectivity index (χ1n) is 7.02. The van der Waals surface area contributed by atoms with Gasteiger partial charge in [0.2, 0.25) is 5.91 Å². The van der Waals surface area contributed by atoms with Crippen LogP contribution in [0.5, 0.6) is 5.75 Å². The van der Waals surface area contributed by atoms with Gasteiger partial charge in [0.1, 0.15) is 5.75 Å². The molecule has 0 radical (unpaired) electrons. The Balaban J connectivity index is 1.93. The maximum atomic E-state index is 12.1. The third kappa shape index (κ3) is 4.72. The van der Waals surface area contributed by atoms with Gasteiger partial charge >= 0.3 is 0 Å². The number of para-hydroxylation sites is 2. The summed E-state index contributed by atoms with van der Waals surface area (Å²) in [5.74, 6) is 2.88. The van der Waals surface area contributed by atoms with Crippen molar-refractivity contribution in [2.24, 2.45) is 0 Å². The second-order valence-electron chi connectivity index (χ2n) is 5.14. The zero-order chi connectivity index (χ0) is 14.4. The zero-order valence-electron chi connectivity index (χ0n) is 12.0. The minimum Gasteiger partial charge on any atom is -0.489 e. The molecule has 0 spiro atoms. The molecule has 1 saturated heterocycles. The van der Waals surface area contributed by atoms with E-state index in [9.17, 15) is 4.79 Å². The molecule has 2 rings (SSSR count). The number of carbonyl (C=O) groups is 1. The molecule has 1 aliphatic heterocycles. The third-order valence-electron chi connectivity index (χ3n) is 2.95. The number of rotatable bonds is 5. The van der Waals surface area contributed by atoms with Crippen LogP contribution in [0.2, 0.25) is 0 Å². The summed E-state index contributed by atoms with van der Waals surface area (Å²) >= 11 is 1.90. The Morgan fingerprint density at radius 3 is 3.00 bits per heavy atom. The van der Waals surface area contributed by atoms with Gasteiger partial charge in [0.25, 0.3) is 0 Å². The molecular formula is C15H22N2O2S. The molecular weight excluding hydrogens is 272 g/mol. The van der Waals surface area contributed by atoms with Crippen LogP contribution < -0.4 is 15.4 Å². The van der Waals surface area contributed by atoms with Gasteiger partial charge in [0.15, 0.2) is 0 Å². The van der Waals surface area contributed by atoms with Crippen LogP contribution in [-0.4, -0.2) is 36.1 Å².